The van der Waals surface area contributed by atoms with Crippen molar-refractivity contribution >= 4 is 0 Å². The first kappa shape index (κ1) is 10.3. The van der Waals surface area contributed by atoms with Crippen molar-refractivity contribution in [3.05, 3.63) is 71.8 Å². The molecule has 1 nitrogen and oxygen atoms in total. The predicted octanol–water partition coefficient (Wildman–Crippen LogP) is 3.48. The Hall–Kier alpha value is -1.86. The van der Waals surface area contributed by atoms with Crippen molar-refractivity contribution in [1.82, 2.24) is 0 Å². The summed E-state index contributed by atoms with van der Waals surface area (Å²) in [7, 11) is 0. The highest BCUT2D eigenvalue weighted by atomic mass is 16.3. The van der Waals surface area contributed by atoms with Gasteiger partial charge in [-0.1, -0.05) is 54.6 Å². The summed E-state index contributed by atoms with van der Waals surface area (Å²) in [5.74, 6) is 0. The van der Waals surface area contributed by atoms with E-state index in [1.165, 1.54) is 0 Å². The highest BCUT2D eigenvalue weighted by Crippen LogP contribution is 2.47. The van der Waals surface area contributed by atoms with E-state index in [4.69, 9.17) is 0 Å². The summed E-state index contributed by atoms with van der Waals surface area (Å²) in [5.41, 5.74) is 3.23. The molecule has 0 amide bonds. The highest BCUT2D eigenvalue weighted by molar-refractivity contribution is 5.81. The molecule has 1 heteroatoms. The predicted molar refractivity (Wildman–Crippen MR) is 69.7 cm³/mol. The Morgan fingerprint density at radius 3 is 1.82 bits per heavy atom. The third kappa shape index (κ3) is 1.29. The van der Waals surface area contributed by atoms with Crippen LogP contribution >= 0.6 is 0 Å². The highest BCUT2D eigenvalue weighted by Gasteiger charge is 2.38. The topological polar surface area (TPSA) is 20.2 Å². The van der Waals surface area contributed by atoms with Gasteiger partial charge >= 0.3 is 0 Å². The number of fused-ring (bicyclic) bond motifs is 3. The van der Waals surface area contributed by atoms with Crippen LogP contribution in [0.1, 0.15) is 18.1 Å². The smallest absolute Gasteiger partial charge is 0.134 e. The number of hydrogen-bond donors (Lipinski definition) is 1. The number of allylic oxidation sites excluding steroid dienone is 1. The lowest BCUT2D eigenvalue weighted by atomic mass is 9.91. The maximum atomic E-state index is 10.9. The largest absolute Gasteiger partial charge is 0.377 e. The van der Waals surface area contributed by atoms with Crippen LogP contribution < -0.4 is 0 Å². The summed E-state index contributed by atoms with van der Waals surface area (Å²) in [4.78, 5) is 0. The molecule has 1 N–H and O–H groups in total. The first-order valence-electron chi connectivity index (χ1n) is 5.83. The molecule has 0 unspecified atom stereocenters. The van der Waals surface area contributed by atoms with Crippen LogP contribution in [-0.4, -0.2) is 5.11 Å². The molecule has 0 atom stereocenters. The second-order valence-electron chi connectivity index (χ2n) is 4.36. The summed E-state index contributed by atoms with van der Waals surface area (Å²) in [6, 6.07) is 16.1. The van der Waals surface area contributed by atoms with Crippen LogP contribution in [0.4, 0.5) is 0 Å². The van der Waals surface area contributed by atoms with Gasteiger partial charge in [0.25, 0.3) is 0 Å². The maximum Gasteiger partial charge on any atom is 0.134 e. The van der Waals surface area contributed by atoms with E-state index in [1.54, 1.807) is 0 Å². The molecule has 17 heavy (non-hydrogen) atoms. The first-order valence-corrected chi connectivity index (χ1v) is 5.83. The van der Waals surface area contributed by atoms with Gasteiger partial charge in [-0.2, -0.15) is 0 Å². The second kappa shape index (κ2) is 3.57. The summed E-state index contributed by atoms with van der Waals surface area (Å²) in [6.07, 6.45) is 3.76. The summed E-state index contributed by atoms with van der Waals surface area (Å²) >= 11 is 0. The fourth-order valence-electron chi connectivity index (χ4n) is 2.67. The van der Waals surface area contributed by atoms with Crippen LogP contribution in [0.15, 0.2) is 60.7 Å². The van der Waals surface area contributed by atoms with Crippen LogP contribution in [0, 0.1) is 0 Å². The van der Waals surface area contributed by atoms with E-state index >= 15 is 0 Å². The van der Waals surface area contributed by atoms with Crippen molar-refractivity contribution in [3.8, 4) is 11.1 Å². The maximum absolute atomic E-state index is 10.9. The number of benzene rings is 2. The molecule has 84 valence electrons. The minimum Gasteiger partial charge on any atom is -0.377 e. The van der Waals surface area contributed by atoms with E-state index in [9.17, 15) is 5.11 Å². The minimum absolute atomic E-state index is 0.970. The zero-order valence-corrected chi connectivity index (χ0v) is 9.72. The van der Waals surface area contributed by atoms with Gasteiger partial charge in [0.1, 0.15) is 5.60 Å². The third-order valence-electron chi connectivity index (χ3n) is 3.37. The molecule has 2 aromatic carbocycles. The Morgan fingerprint density at radius 1 is 0.882 bits per heavy atom. The van der Waals surface area contributed by atoms with Gasteiger partial charge < -0.3 is 5.11 Å². The van der Waals surface area contributed by atoms with Crippen molar-refractivity contribution in [2.45, 2.75) is 12.5 Å². The van der Waals surface area contributed by atoms with Gasteiger partial charge in [0.15, 0.2) is 0 Å². The monoisotopic (exact) mass is 222 g/mol. The number of hydrogen-bond acceptors (Lipinski definition) is 1. The molecule has 0 aromatic heterocycles. The lowest BCUT2D eigenvalue weighted by molar-refractivity contribution is 0.139. The zero-order valence-electron chi connectivity index (χ0n) is 9.72. The van der Waals surface area contributed by atoms with Crippen molar-refractivity contribution in [2.24, 2.45) is 0 Å². The number of rotatable bonds is 1. The van der Waals surface area contributed by atoms with E-state index in [1.807, 2.05) is 55.5 Å². The molecule has 1 aliphatic rings. The third-order valence-corrected chi connectivity index (χ3v) is 3.37. The molecular formula is C16H14O. The molecule has 0 spiro atoms. The van der Waals surface area contributed by atoms with Crippen LogP contribution in [-0.2, 0) is 5.60 Å². The average Bonchev–Trinajstić information content (AvgIpc) is 2.62. The average molecular weight is 222 g/mol. The Morgan fingerprint density at radius 2 is 1.35 bits per heavy atom. The Kier molecular flexibility index (Phi) is 2.17. The van der Waals surface area contributed by atoms with E-state index in [2.05, 4.69) is 12.1 Å². The molecule has 0 heterocycles. The first-order chi connectivity index (χ1) is 8.27. The van der Waals surface area contributed by atoms with Gasteiger partial charge in [-0.25, -0.2) is 0 Å². The fourth-order valence-corrected chi connectivity index (χ4v) is 2.67. The number of aliphatic hydroxyl groups is 1. The van der Waals surface area contributed by atoms with Crippen molar-refractivity contribution in [2.75, 3.05) is 0 Å². The van der Waals surface area contributed by atoms with Gasteiger partial charge in [-0.3, -0.25) is 0 Å². The van der Waals surface area contributed by atoms with E-state index in [0.717, 1.165) is 22.3 Å². The lowest BCUT2D eigenvalue weighted by Crippen LogP contribution is -2.21. The van der Waals surface area contributed by atoms with Gasteiger partial charge in [-0.15, -0.1) is 0 Å². The van der Waals surface area contributed by atoms with Gasteiger partial charge in [-0.05, 0) is 35.3 Å². The molecule has 3 rings (SSSR count). The molecule has 0 saturated heterocycles. The Balaban J connectivity index is 2.39. The van der Waals surface area contributed by atoms with Crippen molar-refractivity contribution in [1.29, 1.82) is 0 Å². The van der Waals surface area contributed by atoms with Crippen molar-refractivity contribution in [3.63, 3.8) is 0 Å². The molecule has 0 radical (unpaired) electrons. The molecule has 0 aliphatic heterocycles. The van der Waals surface area contributed by atoms with E-state index < -0.39 is 5.60 Å². The minimum atomic E-state index is -0.970. The summed E-state index contributed by atoms with van der Waals surface area (Å²) < 4.78 is 0. The second-order valence-corrected chi connectivity index (χ2v) is 4.36. The van der Waals surface area contributed by atoms with Gasteiger partial charge in [0.05, 0.1) is 0 Å². The SMILES string of the molecule is C/C=C/C1(O)c2ccccc2-c2ccccc21. The van der Waals surface area contributed by atoms with Crippen LogP contribution in [0.25, 0.3) is 11.1 Å². The summed E-state index contributed by atoms with van der Waals surface area (Å²) in [5, 5.41) is 10.9. The van der Waals surface area contributed by atoms with Crippen LogP contribution in [0.5, 0.6) is 0 Å². The van der Waals surface area contributed by atoms with E-state index in [-0.39, 0.29) is 0 Å². The Bertz CT molecular complexity index is 550. The molecule has 0 saturated carbocycles. The lowest BCUT2D eigenvalue weighted by Gasteiger charge is -2.21. The standard InChI is InChI=1S/C16H14O/c1-2-11-16(17)14-9-5-3-7-12(14)13-8-4-6-10-15(13)16/h2-11,17H,1H3/b11-2+. The van der Waals surface area contributed by atoms with Crippen molar-refractivity contribution < 1.29 is 5.11 Å². The summed E-state index contributed by atoms with van der Waals surface area (Å²) in [6.45, 7) is 1.93. The molecule has 0 bridgehead atoms. The Labute approximate surface area is 101 Å². The van der Waals surface area contributed by atoms with Gasteiger partial charge in [0.2, 0.25) is 0 Å². The molecular weight excluding hydrogens is 208 g/mol. The zero-order chi connectivity index (χ0) is 11.9. The van der Waals surface area contributed by atoms with E-state index in [0.29, 0.717) is 0 Å². The quantitative estimate of drug-likeness (QED) is 0.732. The molecule has 2 aromatic rings. The fraction of sp³-hybridized carbons (Fsp3) is 0.125. The normalized spacial score (nSPS) is 15.9. The molecule has 1 aliphatic carbocycles. The molecule has 0 fully saturated rings. The van der Waals surface area contributed by atoms with Crippen LogP contribution in [0.2, 0.25) is 0 Å². The van der Waals surface area contributed by atoms with Gasteiger partial charge in [0, 0.05) is 0 Å². The van der Waals surface area contributed by atoms with Crippen LogP contribution in [0.3, 0.4) is 0 Å².